The highest BCUT2D eigenvalue weighted by Gasteiger charge is 2.15. The number of hydrogen-bond acceptors (Lipinski definition) is 6. The number of nitrogens with zero attached hydrogens (tertiary/aromatic N) is 1. The fourth-order valence-electron chi connectivity index (χ4n) is 3.36. The molecule has 0 aliphatic rings. The van der Waals surface area contributed by atoms with E-state index in [2.05, 4.69) is 20.9 Å². The van der Waals surface area contributed by atoms with Gasteiger partial charge in [-0.3, -0.25) is 14.9 Å². The maximum Gasteiger partial charge on any atom is 0.261 e. The number of thiocarbonyl (C=S) groups is 1. The summed E-state index contributed by atoms with van der Waals surface area (Å²) in [5, 5.41) is 11.2. The summed E-state index contributed by atoms with van der Waals surface area (Å²) in [6, 6.07) is 16.9. The van der Waals surface area contributed by atoms with Crippen LogP contribution in [0.15, 0.2) is 54.6 Å². The number of hydrogen-bond donors (Lipinski definition) is 3. The summed E-state index contributed by atoms with van der Waals surface area (Å²) in [6.07, 6.45) is 1.23. The molecule has 0 aliphatic heterocycles. The third-order valence-corrected chi connectivity index (χ3v) is 6.05. The predicted octanol–water partition coefficient (Wildman–Crippen LogP) is 5.32. The summed E-state index contributed by atoms with van der Waals surface area (Å²) in [5.74, 6) is 0.0514. The van der Waals surface area contributed by atoms with Crippen LogP contribution in [0, 0.1) is 0 Å². The minimum Gasteiger partial charge on any atom is -0.496 e. The molecule has 168 valence electrons. The van der Waals surface area contributed by atoms with E-state index in [4.69, 9.17) is 17.0 Å². The lowest BCUT2D eigenvalue weighted by Crippen LogP contribution is -2.34. The van der Waals surface area contributed by atoms with E-state index in [-0.39, 0.29) is 16.9 Å². The van der Waals surface area contributed by atoms with Crippen molar-refractivity contribution in [3.63, 3.8) is 0 Å². The van der Waals surface area contributed by atoms with Crippen molar-refractivity contribution in [3.8, 4) is 5.75 Å². The van der Waals surface area contributed by atoms with Crippen molar-refractivity contribution in [3.05, 3.63) is 60.2 Å². The standard InChI is InChI=1S/C24H22N4O3S2/c1-3-6-21(29)27-24-26-18-10-9-16(13-20(18)33-24)25-23(32)28-22(30)17-11-14-7-4-5-8-15(14)12-19(17)31-2/h4-5,7-13H,3,6H2,1-2H3,(H,26,27,29)(H2,25,28,30,32). The molecule has 0 bridgehead atoms. The van der Waals surface area contributed by atoms with Gasteiger partial charge in [0.1, 0.15) is 5.75 Å². The van der Waals surface area contributed by atoms with E-state index in [1.54, 1.807) is 6.07 Å². The quantitative estimate of drug-likeness (QED) is 0.325. The molecular formula is C24H22N4O3S2. The molecule has 1 aromatic heterocycles. The van der Waals surface area contributed by atoms with E-state index >= 15 is 0 Å². The first kappa shape index (κ1) is 22.6. The zero-order valence-electron chi connectivity index (χ0n) is 18.1. The van der Waals surface area contributed by atoms with E-state index in [0.717, 1.165) is 27.4 Å². The van der Waals surface area contributed by atoms with Crippen LogP contribution in [-0.4, -0.2) is 29.0 Å². The summed E-state index contributed by atoms with van der Waals surface area (Å²) in [7, 11) is 1.53. The minimum absolute atomic E-state index is 0.0529. The Hall–Kier alpha value is -3.56. The van der Waals surface area contributed by atoms with Crippen molar-refractivity contribution in [2.75, 3.05) is 17.7 Å². The molecule has 7 nitrogen and oxygen atoms in total. The van der Waals surface area contributed by atoms with Crippen LogP contribution in [0.1, 0.15) is 30.1 Å². The van der Waals surface area contributed by atoms with Gasteiger partial charge in [0, 0.05) is 12.1 Å². The number of nitrogens with one attached hydrogen (secondary N) is 3. The molecule has 4 rings (SSSR count). The number of anilines is 2. The number of methoxy groups -OCH3 is 1. The molecule has 1 heterocycles. The normalized spacial score (nSPS) is 10.7. The number of benzene rings is 3. The van der Waals surface area contributed by atoms with Gasteiger partial charge < -0.3 is 15.4 Å². The molecular weight excluding hydrogens is 456 g/mol. The van der Waals surface area contributed by atoms with Crippen LogP contribution in [0.3, 0.4) is 0 Å². The number of carbonyl (C=O) groups excluding carboxylic acids is 2. The van der Waals surface area contributed by atoms with Gasteiger partial charge in [0.2, 0.25) is 5.91 Å². The van der Waals surface area contributed by atoms with Crippen LogP contribution in [0.4, 0.5) is 10.8 Å². The van der Waals surface area contributed by atoms with Crippen LogP contribution in [0.2, 0.25) is 0 Å². The van der Waals surface area contributed by atoms with Crippen LogP contribution in [-0.2, 0) is 4.79 Å². The van der Waals surface area contributed by atoms with Crippen LogP contribution in [0.5, 0.6) is 5.75 Å². The van der Waals surface area contributed by atoms with Crippen molar-refractivity contribution in [1.29, 1.82) is 0 Å². The van der Waals surface area contributed by atoms with Gasteiger partial charge in [0.15, 0.2) is 10.2 Å². The second-order valence-electron chi connectivity index (χ2n) is 7.31. The Morgan fingerprint density at radius 3 is 2.55 bits per heavy atom. The number of thiazole rings is 1. The average Bonchev–Trinajstić information content (AvgIpc) is 3.19. The van der Waals surface area contributed by atoms with E-state index in [1.165, 1.54) is 18.4 Å². The highest BCUT2D eigenvalue weighted by molar-refractivity contribution is 7.80. The summed E-state index contributed by atoms with van der Waals surface area (Å²) in [6.45, 7) is 1.95. The first-order valence-corrected chi connectivity index (χ1v) is 11.6. The fraction of sp³-hybridized carbons (Fsp3) is 0.167. The van der Waals surface area contributed by atoms with Crippen molar-refractivity contribution >= 4 is 72.3 Å². The van der Waals surface area contributed by atoms with E-state index in [0.29, 0.717) is 28.6 Å². The molecule has 9 heteroatoms. The van der Waals surface area contributed by atoms with Gasteiger partial charge in [-0.15, -0.1) is 0 Å². The van der Waals surface area contributed by atoms with Crippen molar-refractivity contribution < 1.29 is 14.3 Å². The van der Waals surface area contributed by atoms with E-state index in [1.807, 2.05) is 55.5 Å². The Balaban J connectivity index is 1.46. The monoisotopic (exact) mass is 478 g/mol. The number of aromatic nitrogens is 1. The highest BCUT2D eigenvalue weighted by atomic mass is 32.1. The minimum atomic E-state index is -0.366. The number of ether oxygens (including phenoxy) is 1. The van der Waals surface area contributed by atoms with Gasteiger partial charge in [0.05, 0.1) is 22.9 Å². The lowest BCUT2D eigenvalue weighted by atomic mass is 10.1. The molecule has 0 spiro atoms. The summed E-state index contributed by atoms with van der Waals surface area (Å²) in [5.41, 5.74) is 1.87. The molecule has 3 N–H and O–H groups in total. The Labute approximate surface area is 200 Å². The largest absolute Gasteiger partial charge is 0.496 e. The second-order valence-corrected chi connectivity index (χ2v) is 8.75. The molecule has 0 saturated carbocycles. The van der Waals surface area contributed by atoms with Crippen LogP contribution >= 0.6 is 23.6 Å². The third-order valence-electron chi connectivity index (χ3n) is 4.91. The summed E-state index contributed by atoms with van der Waals surface area (Å²) < 4.78 is 6.29. The van der Waals surface area contributed by atoms with Gasteiger partial charge in [-0.1, -0.05) is 42.5 Å². The molecule has 33 heavy (non-hydrogen) atoms. The van der Waals surface area contributed by atoms with Gasteiger partial charge in [-0.05, 0) is 59.7 Å². The highest BCUT2D eigenvalue weighted by Crippen LogP contribution is 2.29. The third kappa shape index (κ3) is 5.27. The van der Waals surface area contributed by atoms with E-state index in [9.17, 15) is 9.59 Å². The SMILES string of the molecule is CCCC(=O)Nc1nc2ccc(NC(=S)NC(=O)c3cc4ccccc4cc3OC)cc2s1. The van der Waals surface area contributed by atoms with Crippen molar-refractivity contribution in [2.24, 2.45) is 0 Å². The fourth-order valence-corrected chi connectivity index (χ4v) is 4.50. The maximum atomic E-state index is 12.9. The maximum absolute atomic E-state index is 12.9. The van der Waals surface area contributed by atoms with Crippen molar-refractivity contribution in [2.45, 2.75) is 19.8 Å². The molecule has 0 radical (unpaired) electrons. The average molecular weight is 479 g/mol. The molecule has 0 aliphatic carbocycles. The molecule has 0 atom stereocenters. The summed E-state index contributed by atoms with van der Waals surface area (Å²) >= 11 is 6.73. The lowest BCUT2D eigenvalue weighted by molar-refractivity contribution is -0.116. The topological polar surface area (TPSA) is 92.4 Å². The number of amides is 2. The number of carbonyl (C=O) groups is 2. The van der Waals surface area contributed by atoms with Gasteiger partial charge in [-0.25, -0.2) is 4.98 Å². The number of fused-ring (bicyclic) bond motifs is 2. The Kier molecular flexibility index (Phi) is 6.81. The zero-order valence-corrected chi connectivity index (χ0v) is 19.7. The van der Waals surface area contributed by atoms with Crippen LogP contribution < -0.4 is 20.7 Å². The Morgan fingerprint density at radius 1 is 1.06 bits per heavy atom. The first-order chi connectivity index (χ1) is 16.0. The van der Waals surface area contributed by atoms with Gasteiger partial charge in [0.25, 0.3) is 5.91 Å². The zero-order chi connectivity index (χ0) is 23.4. The summed E-state index contributed by atoms with van der Waals surface area (Å²) in [4.78, 5) is 29.1. The van der Waals surface area contributed by atoms with Crippen molar-refractivity contribution in [1.82, 2.24) is 10.3 Å². The smallest absolute Gasteiger partial charge is 0.261 e. The van der Waals surface area contributed by atoms with Crippen LogP contribution in [0.25, 0.3) is 21.0 Å². The molecule has 4 aromatic rings. The molecule has 0 fully saturated rings. The molecule has 2 amide bonds. The Bertz CT molecular complexity index is 1370. The second kappa shape index (κ2) is 9.93. The predicted molar refractivity (Wildman–Crippen MR) is 137 cm³/mol. The molecule has 3 aromatic carbocycles. The first-order valence-electron chi connectivity index (χ1n) is 10.4. The van der Waals surface area contributed by atoms with Gasteiger partial charge in [-0.2, -0.15) is 0 Å². The Morgan fingerprint density at radius 2 is 1.82 bits per heavy atom. The lowest BCUT2D eigenvalue weighted by Gasteiger charge is -2.13. The molecule has 0 unspecified atom stereocenters. The van der Waals surface area contributed by atoms with E-state index < -0.39 is 0 Å². The number of rotatable bonds is 6. The van der Waals surface area contributed by atoms with Gasteiger partial charge >= 0.3 is 0 Å². The molecule has 0 saturated heterocycles.